The van der Waals surface area contributed by atoms with Crippen LogP contribution >= 0.6 is 11.3 Å². The van der Waals surface area contributed by atoms with E-state index < -0.39 is 0 Å². The van der Waals surface area contributed by atoms with Crippen molar-refractivity contribution in [2.45, 2.75) is 32.6 Å². The maximum atomic E-state index is 12.8. The Hall–Kier alpha value is -2.06. The number of amides is 1. The molecule has 0 unspecified atom stereocenters. The molecule has 8 heteroatoms. The number of piperazine rings is 1. The van der Waals surface area contributed by atoms with Crippen LogP contribution in [0.25, 0.3) is 15.9 Å². The van der Waals surface area contributed by atoms with Crippen LogP contribution in [0.3, 0.4) is 0 Å². The van der Waals surface area contributed by atoms with Gasteiger partial charge < -0.3 is 10.2 Å². The van der Waals surface area contributed by atoms with E-state index in [1.807, 2.05) is 11.8 Å². The number of fused-ring (bicyclic) bond motifs is 5. The van der Waals surface area contributed by atoms with Crippen LogP contribution in [0.5, 0.6) is 0 Å². The average molecular weight is 356 g/mol. The molecule has 130 valence electrons. The summed E-state index contributed by atoms with van der Waals surface area (Å²) in [6.07, 6.45) is 4.65. The van der Waals surface area contributed by atoms with E-state index >= 15 is 0 Å². The van der Waals surface area contributed by atoms with Crippen LogP contribution in [0.4, 0.5) is 0 Å². The zero-order valence-electron chi connectivity index (χ0n) is 14.2. The van der Waals surface area contributed by atoms with E-state index in [0.717, 1.165) is 47.6 Å². The molecule has 7 nitrogen and oxygen atoms in total. The molecule has 1 amide bonds. The molecule has 1 saturated heterocycles. The lowest BCUT2D eigenvalue weighted by molar-refractivity contribution is 0.0723. The summed E-state index contributed by atoms with van der Waals surface area (Å²) >= 11 is 1.78. The maximum Gasteiger partial charge on any atom is 0.293 e. The highest BCUT2D eigenvalue weighted by molar-refractivity contribution is 7.19. The van der Waals surface area contributed by atoms with Crippen molar-refractivity contribution in [3.63, 3.8) is 0 Å². The summed E-state index contributed by atoms with van der Waals surface area (Å²) < 4.78 is 1.75. The minimum Gasteiger partial charge on any atom is -0.333 e. The van der Waals surface area contributed by atoms with Crippen molar-refractivity contribution < 1.29 is 4.79 Å². The highest BCUT2D eigenvalue weighted by Gasteiger charge is 2.26. The van der Waals surface area contributed by atoms with Gasteiger partial charge in [-0.3, -0.25) is 4.79 Å². The minimum absolute atomic E-state index is 0.0816. The number of aromatic nitrogens is 4. The fourth-order valence-corrected chi connectivity index (χ4v) is 5.16. The number of carbonyl (C=O) groups is 1. The third-order valence-electron chi connectivity index (χ3n) is 5.15. The topological polar surface area (TPSA) is 75.4 Å². The highest BCUT2D eigenvalue weighted by Crippen LogP contribution is 2.37. The molecule has 0 atom stereocenters. The molecule has 0 radical (unpaired) electrons. The van der Waals surface area contributed by atoms with Gasteiger partial charge in [-0.25, -0.2) is 9.97 Å². The van der Waals surface area contributed by atoms with E-state index in [1.165, 1.54) is 23.3 Å². The summed E-state index contributed by atoms with van der Waals surface area (Å²) in [4.78, 5) is 26.5. The van der Waals surface area contributed by atoms with Gasteiger partial charge in [-0.15, -0.1) is 16.4 Å². The molecule has 3 aromatic rings. The Bertz CT molecular complexity index is 984. The summed E-state index contributed by atoms with van der Waals surface area (Å²) in [5.41, 5.74) is 2.16. The first-order valence-corrected chi connectivity index (χ1v) is 9.71. The van der Waals surface area contributed by atoms with Crippen LogP contribution in [-0.2, 0) is 12.8 Å². The largest absolute Gasteiger partial charge is 0.333 e. The summed E-state index contributed by atoms with van der Waals surface area (Å²) in [6.45, 7) is 4.98. The van der Waals surface area contributed by atoms with E-state index in [4.69, 9.17) is 4.98 Å². The first-order chi connectivity index (χ1) is 12.2. The Labute approximate surface area is 149 Å². The predicted octanol–water partition coefficient (Wildman–Crippen LogP) is 1.57. The average Bonchev–Trinajstić information content (AvgIpc) is 3.23. The maximum absolute atomic E-state index is 12.8. The predicted molar refractivity (Wildman–Crippen MR) is 96.3 cm³/mol. The standard InChI is InChI=1S/C17H20N6OS/c1-10-19-16-13(11-4-2-3-5-12(11)25-16)15-20-14(21-23(10)15)17(24)22-8-6-18-7-9-22/h18H,2-9H2,1H3. The van der Waals surface area contributed by atoms with E-state index in [-0.39, 0.29) is 11.7 Å². The Morgan fingerprint density at radius 1 is 1.16 bits per heavy atom. The number of hydrogen-bond donors (Lipinski definition) is 1. The Morgan fingerprint density at radius 3 is 2.80 bits per heavy atom. The van der Waals surface area contributed by atoms with E-state index in [0.29, 0.717) is 13.1 Å². The smallest absolute Gasteiger partial charge is 0.293 e. The molecule has 1 N–H and O–H groups in total. The third kappa shape index (κ3) is 2.35. The molecule has 0 aromatic carbocycles. The van der Waals surface area contributed by atoms with E-state index in [2.05, 4.69) is 15.4 Å². The number of nitrogens with one attached hydrogen (secondary N) is 1. The van der Waals surface area contributed by atoms with Gasteiger partial charge in [0.25, 0.3) is 5.91 Å². The first kappa shape index (κ1) is 15.2. The van der Waals surface area contributed by atoms with Crippen molar-refractivity contribution in [1.82, 2.24) is 29.8 Å². The lowest BCUT2D eigenvalue weighted by atomic mass is 9.97. The van der Waals surface area contributed by atoms with Crippen molar-refractivity contribution in [2.75, 3.05) is 26.2 Å². The van der Waals surface area contributed by atoms with Crippen LogP contribution in [0.15, 0.2) is 0 Å². The van der Waals surface area contributed by atoms with Crippen molar-refractivity contribution in [1.29, 1.82) is 0 Å². The van der Waals surface area contributed by atoms with Crippen LogP contribution in [0, 0.1) is 6.92 Å². The van der Waals surface area contributed by atoms with Gasteiger partial charge in [0, 0.05) is 31.1 Å². The van der Waals surface area contributed by atoms with Crippen LogP contribution in [-0.4, -0.2) is 56.6 Å². The van der Waals surface area contributed by atoms with Gasteiger partial charge in [-0.2, -0.15) is 4.52 Å². The highest BCUT2D eigenvalue weighted by atomic mass is 32.1. The van der Waals surface area contributed by atoms with Crippen LogP contribution in [0.1, 0.15) is 39.7 Å². The van der Waals surface area contributed by atoms with Crippen molar-refractivity contribution in [2.24, 2.45) is 0 Å². The monoisotopic (exact) mass is 356 g/mol. The molecule has 3 aromatic heterocycles. The molecule has 2 aliphatic rings. The minimum atomic E-state index is -0.0816. The molecule has 5 rings (SSSR count). The second-order valence-electron chi connectivity index (χ2n) is 6.76. The molecule has 1 aliphatic heterocycles. The van der Waals surface area contributed by atoms with E-state index in [9.17, 15) is 4.79 Å². The molecular formula is C17H20N6OS. The fraction of sp³-hybridized carbons (Fsp3) is 0.529. The molecule has 25 heavy (non-hydrogen) atoms. The summed E-state index contributed by atoms with van der Waals surface area (Å²) in [5.74, 6) is 0.991. The van der Waals surface area contributed by atoms with Gasteiger partial charge in [0.15, 0.2) is 5.65 Å². The van der Waals surface area contributed by atoms with Gasteiger partial charge in [-0.05, 0) is 38.2 Å². The number of thiophene rings is 1. The lowest BCUT2D eigenvalue weighted by Gasteiger charge is -2.26. The summed E-state index contributed by atoms with van der Waals surface area (Å²) in [7, 11) is 0. The lowest BCUT2D eigenvalue weighted by Crippen LogP contribution is -2.46. The molecule has 0 bridgehead atoms. The number of carbonyl (C=O) groups excluding carboxylic acids is 1. The molecule has 4 heterocycles. The number of hydrogen-bond acceptors (Lipinski definition) is 6. The van der Waals surface area contributed by atoms with Gasteiger partial charge in [-0.1, -0.05) is 0 Å². The van der Waals surface area contributed by atoms with Crippen molar-refractivity contribution >= 4 is 33.1 Å². The quantitative estimate of drug-likeness (QED) is 0.716. The zero-order valence-corrected chi connectivity index (χ0v) is 15.0. The summed E-state index contributed by atoms with van der Waals surface area (Å²) in [6, 6.07) is 0. The normalized spacial score (nSPS) is 18.0. The molecular weight excluding hydrogens is 336 g/mol. The van der Waals surface area contributed by atoms with Gasteiger partial charge >= 0.3 is 0 Å². The number of nitrogens with zero attached hydrogens (tertiary/aromatic N) is 5. The van der Waals surface area contributed by atoms with Crippen molar-refractivity contribution in [3.8, 4) is 0 Å². The van der Waals surface area contributed by atoms with Gasteiger partial charge in [0.1, 0.15) is 10.7 Å². The Kier molecular flexibility index (Phi) is 3.49. The molecule has 0 saturated carbocycles. The van der Waals surface area contributed by atoms with E-state index in [1.54, 1.807) is 15.9 Å². The third-order valence-corrected chi connectivity index (χ3v) is 6.33. The van der Waals surface area contributed by atoms with Crippen LogP contribution < -0.4 is 5.32 Å². The summed E-state index contributed by atoms with van der Waals surface area (Å²) in [5, 5.41) is 8.87. The second-order valence-corrected chi connectivity index (χ2v) is 7.85. The first-order valence-electron chi connectivity index (χ1n) is 8.90. The fourth-order valence-electron chi connectivity index (χ4n) is 3.85. The molecule has 1 fully saturated rings. The molecule has 1 aliphatic carbocycles. The Balaban J connectivity index is 1.67. The second kappa shape index (κ2) is 5.74. The Morgan fingerprint density at radius 2 is 1.96 bits per heavy atom. The molecule has 0 spiro atoms. The number of aryl methyl sites for hydroxylation is 3. The van der Waals surface area contributed by atoms with Crippen LogP contribution in [0.2, 0.25) is 0 Å². The van der Waals surface area contributed by atoms with Gasteiger partial charge in [0.2, 0.25) is 5.82 Å². The SMILES string of the molecule is Cc1nc2sc3c(c2c2nc(C(=O)N4CCNCC4)nn12)CCCC3. The van der Waals surface area contributed by atoms with Crippen molar-refractivity contribution in [3.05, 3.63) is 22.1 Å². The van der Waals surface area contributed by atoms with Gasteiger partial charge in [0.05, 0.1) is 5.39 Å². The number of rotatable bonds is 1. The zero-order chi connectivity index (χ0) is 17.0.